The maximum absolute atomic E-state index is 13.2. The van der Waals surface area contributed by atoms with Crippen molar-refractivity contribution in [2.75, 3.05) is 6.61 Å². The molecule has 0 fully saturated rings. The number of alkyl halides is 2. The lowest BCUT2D eigenvalue weighted by Gasteiger charge is -2.07. The van der Waals surface area contributed by atoms with Crippen LogP contribution in [0.1, 0.15) is 42.3 Å². The van der Waals surface area contributed by atoms with Crippen molar-refractivity contribution in [2.45, 2.75) is 33.4 Å². The summed E-state index contributed by atoms with van der Waals surface area (Å²) in [4.78, 5) is 15.6. The number of rotatable bonds is 6. The highest BCUT2D eigenvalue weighted by molar-refractivity contribution is 5.88. The summed E-state index contributed by atoms with van der Waals surface area (Å²) in [5.74, 6) is -0.476. The van der Waals surface area contributed by atoms with Gasteiger partial charge in [-0.3, -0.25) is 0 Å². The zero-order chi connectivity index (χ0) is 15.4. The predicted octanol–water partition coefficient (Wildman–Crippen LogP) is 1.05. The molecule has 0 spiro atoms. The topological polar surface area (TPSA) is 87.7 Å². The summed E-state index contributed by atoms with van der Waals surface area (Å²) in [6.07, 6.45) is -1.58. The first-order valence-electron chi connectivity index (χ1n) is 6.33. The zero-order valence-electron chi connectivity index (χ0n) is 11.5. The quantitative estimate of drug-likeness (QED) is 0.741. The van der Waals surface area contributed by atoms with Gasteiger partial charge in [0.2, 0.25) is 0 Å². The molecule has 0 saturated heterocycles. The standard InChI is InChI=1S/C11H14F2N6O2/c1-3-18-7(14-6-15-18)5-19-9(10(12)13)8(16-17-19)11(20)21-4-2/h6,10H,3-5H2,1-2H3. The molecule has 0 N–H and O–H groups in total. The van der Waals surface area contributed by atoms with E-state index in [0.717, 1.165) is 4.68 Å². The number of esters is 1. The summed E-state index contributed by atoms with van der Waals surface area (Å²) in [7, 11) is 0. The average molecular weight is 300 g/mol. The van der Waals surface area contributed by atoms with Crippen molar-refractivity contribution in [1.82, 2.24) is 29.8 Å². The molecular weight excluding hydrogens is 286 g/mol. The Morgan fingerprint density at radius 1 is 1.38 bits per heavy atom. The molecule has 114 valence electrons. The molecule has 10 heteroatoms. The normalized spacial score (nSPS) is 11.1. The largest absolute Gasteiger partial charge is 0.461 e. The van der Waals surface area contributed by atoms with Crippen LogP contribution in [0.2, 0.25) is 0 Å². The maximum atomic E-state index is 13.2. The molecule has 0 aliphatic rings. The molecule has 8 nitrogen and oxygen atoms in total. The van der Waals surface area contributed by atoms with E-state index < -0.39 is 23.8 Å². The molecule has 2 rings (SSSR count). The number of halogens is 2. The SMILES string of the molecule is CCOC(=O)c1nnn(Cc2ncnn2CC)c1C(F)F. The van der Waals surface area contributed by atoms with Crippen LogP contribution in [0.4, 0.5) is 8.78 Å². The van der Waals surface area contributed by atoms with Gasteiger partial charge in [-0.2, -0.15) is 5.10 Å². The van der Waals surface area contributed by atoms with Gasteiger partial charge in [-0.25, -0.2) is 27.9 Å². The number of ether oxygens (including phenoxy) is 1. The minimum Gasteiger partial charge on any atom is -0.461 e. The van der Waals surface area contributed by atoms with Crippen LogP contribution in [0.3, 0.4) is 0 Å². The van der Waals surface area contributed by atoms with Gasteiger partial charge in [0, 0.05) is 6.54 Å². The van der Waals surface area contributed by atoms with Crippen molar-refractivity contribution in [3.63, 3.8) is 0 Å². The van der Waals surface area contributed by atoms with Gasteiger partial charge < -0.3 is 4.74 Å². The number of carbonyl (C=O) groups excluding carboxylic acids is 1. The van der Waals surface area contributed by atoms with E-state index in [9.17, 15) is 13.6 Å². The second-order valence-electron chi connectivity index (χ2n) is 3.99. The fourth-order valence-corrected chi connectivity index (χ4v) is 1.81. The number of aryl methyl sites for hydroxylation is 1. The van der Waals surface area contributed by atoms with E-state index >= 15 is 0 Å². The second-order valence-corrected chi connectivity index (χ2v) is 3.99. The molecule has 0 unspecified atom stereocenters. The third-order valence-corrected chi connectivity index (χ3v) is 2.74. The second kappa shape index (κ2) is 6.37. The molecule has 21 heavy (non-hydrogen) atoms. The lowest BCUT2D eigenvalue weighted by molar-refractivity contribution is 0.0506. The van der Waals surface area contributed by atoms with E-state index in [4.69, 9.17) is 4.74 Å². The third-order valence-electron chi connectivity index (χ3n) is 2.74. The van der Waals surface area contributed by atoms with Gasteiger partial charge >= 0.3 is 5.97 Å². The van der Waals surface area contributed by atoms with Crippen LogP contribution < -0.4 is 0 Å². The Balaban J connectivity index is 2.34. The minimum absolute atomic E-state index is 0.0556. The number of nitrogens with zero attached hydrogens (tertiary/aromatic N) is 6. The lowest BCUT2D eigenvalue weighted by Crippen LogP contribution is -2.14. The van der Waals surface area contributed by atoms with Crippen molar-refractivity contribution in [2.24, 2.45) is 0 Å². The molecule has 0 saturated carbocycles. The maximum Gasteiger partial charge on any atom is 0.361 e. The van der Waals surface area contributed by atoms with E-state index in [2.05, 4.69) is 20.4 Å². The Bertz CT molecular complexity index is 624. The van der Waals surface area contributed by atoms with Gasteiger partial charge in [0.05, 0.1) is 6.61 Å². The van der Waals surface area contributed by atoms with Crippen LogP contribution in [0.15, 0.2) is 6.33 Å². The van der Waals surface area contributed by atoms with Gasteiger partial charge in [-0.05, 0) is 13.8 Å². The molecule has 2 aromatic heterocycles. The highest BCUT2D eigenvalue weighted by Gasteiger charge is 2.28. The predicted molar refractivity (Wildman–Crippen MR) is 65.7 cm³/mol. The molecule has 2 aromatic rings. The fourth-order valence-electron chi connectivity index (χ4n) is 1.81. The Morgan fingerprint density at radius 3 is 2.76 bits per heavy atom. The molecule has 0 atom stereocenters. The van der Waals surface area contributed by atoms with E-state index in [1.807, 2.05) is 6.92 Å². The molecule has 0 aliphatic heterocycles. The smallest absolute Gasteiger partial charge is 0.361 e. The Labute approximate surface area is 118 Å². The number of aromatic nitrogens is 6. The van der Waals surface area contributed by atoms with Crippen molar-refractivity contribution in [3.8, 4) is 0 Å². The Kier molecular flexibility index (Phi) is 4.55. The average Bonchev–Trinajstić information content (AvgIpc) is 3.05. The van der Waals surface area contributed by atoms with Crippen molar-refractivity contribution >= 4 is 5.97 Å². The van der Waals surface area contributed by atoms with E-state index in [1.54, 1.807) is 11.6 Å². The highest BCUT2D eigenvalue weighted by atomic mass is 19.3. The van der Waals surface area contributed by atoms with Crippen molar-refractivity contribution in [3.05, 3.63) is 23.5 Å². The van der Waals surface area contributed by atoms with E-state index in [1.165, 1.54) is 6.33 Å². The summed E-state index contributed by atoms with van der Waals surface area (Å²) in [5.41, 5.74) is -1.06. The van der Waals surface area contributed by atoms with Crippen molar-refractivity contribution < 1.29 is 18.3 Å². The Hall–Kier alpha value is -2.39. The van der Waals surface area contributed by atoms with Gasteiger partial charge in [-0.1, -0.05) is 5.21 Å². The first-order valence-corrected chi connectivity index (χ1v) is 6.33. The summed E-state index contributed by atoms with van der Waals surface area (Å²) in [6, 6.07) is 0. The lowest BCUT2D eigenvalue weighted by atomic mass is 10.3. The molecule has 0 bridgehead atoms. The number of hydrogen-bond acceptors (Lipinski definition) is 6. The number of carbonyl (C=O) groups is 1. The first kappa shape index (κ1) is 15.0. The monoisotopic (exact) mass is 300 g/mol. The molecule has 0 amide bonds. The van der Waals surface area contributed by atoms with Gasteiger partial charge in [0.15, 0.2) is 5.69 Å². The fraction of sp³-hybridized carbons (Fsp3) is 0.545. The van der Waals surface area contributed by atoms with Crippen LogP contribution in [-0.2, 0) is 17.8 Å². The molecule has 0 radical (unpaired) electrons. The van der Waals surface area contributed by atoms with Crippen LogP contribution in [-0.4, -0.2) is 42.3 Å². The number of hydrogen-bond donors (Lipinski definition) is 0. The molecule has 0 aromatic carbocycles. The highest BCUT2D eigenvalue weighted by Crippen LogP contribution is 2.22. The van der Waals surface area contributed by atoms with Crippen LogP contribution in [0.25, 0.3) is 0 Å². The first-order chi connectivity index (χ1) is 10.1. The van der Waals surface area contributed by atoms with Crippen LogP contribution in [0, 0.1) is 0 Å². The molecule has 2 heterocycles. The summed E-state index contributed by atoms with van der Waals surface area (Å²) < 4.78 is 33.5. The van der Waals surface area contributed by atoms with Crippen LogP contribution >= 0.6 is 0 Å². The molecule has 0 aliphatic carbocycles. The van der Waals surface area contributed by atoms with E-state index in [-0.39, 0.29) is 13.2 Å². The van der Waals surface area contributed by atoms with Gasteiger partial charge in [-0.15, -0.1) is 5.10 Å². The van der Waals surface area contributed by atoms with E-state index in [0.29, 0.717) is 12.4 Å². The van der Waals surface area contributed by atoms with Crippen LogP contribution in [0.5, 0.6) is 0 Å². The summed E-state index contributed by atoms with van der Waals surface area (Å²) in [6.45, 7) is 3.98. The van der Waals surface area contributed by atoms with Crippen molar-refractivity contribution in [1.29, 1.82) is 0 Å². The third kappa shape index (κ3) is 3.03. The van der Waals surface area contributed by atoms with Gasteiger partial charge in [0.1, 0.15) is 24.4 Å². The minimum atomic E-state index is -2.91. The zero-order valence-corrected chi connectivity index (χ0v) is 11.5. The van der Waals surface area contributed by atoms with Gasteiger partial charge in [0.25, 0.3) is 6.43 Å². The Morgan fingerprint density at radius 2 is 2.14 bits per heavy atom. The summed E-state index contributed by atoms with van der Waals surface area (Å²) >= 11 is 0. The molecular formula is C11H14F2N6O2. The summed E-state index contributed by atoms with van der Waals surface area (Å²) in [5, 5.41) is 11.0.